The number of aromatic amines is 1. The first-order valence-corrected chi connectivity index (χ1v) is 4.57. The van der Waals surface area contributed by atoms with Crippen LogP contribution in [0.3, 0.4) is 0 Å². The van der Waals surface area contributed by atoms with E-state index >= 15 is 0 Å². The predicted molar refractivity (Wildman–Crippen MR) is 55.7 cm³/mol. The second-order valence-corrected chi connectivity index (χ2v) is 3.55. The zero-order valence-electron chi connectivity index (χ0n) is 6.13. The van der Waals surface area contributed by atoms with Gasteiger partial charge in [-0.2, -0.15) is 5.26 Å². The molecule has 0 saturated heterocycles. The molecule has 0 atom stereocenters. The van der Waals surface area contributed by atoms with Gasteiger partial charge in [0.25, 0.3) is 0 Å². The minimum atomic E-state index is 0.650. The van der Waals surface area contributed by atoms with E-state index in [0.29, 0.717) is 5.69 Å². The number of fused-ring (bicyclic) bond motifs is 1. The maximum absolute atomic E-state index is 8.73. The van der Waals surface area contributed by atoms with E-state index < -0.39 is 0 Å². The van der Waals surface area contributed by atoms with Crippen LogP contribution in [0.15, 0.2) is 24.3 Å². The average Bonchev–Trinajstić information content (AvgIpc) is 2.44. The molecule has 0 fully saturated rings. The Hall–Kier alpha value is -1.02. The summed E-state index contributed by atoms with van der Waals surface area (Å²) in [5.41, 5.74) is 1.68. The third-order valence-electron chi connectivity index (χ3n) is 1.75. The van der Waals surface area contributed by atoms with Crippen molar-refractivity contribution in [2.24, 2.45) is 0 Å². The zero-order valence-corrected chi connectivity index (χ0v) is 8.29. The van der Waals surface area contributed by atoms with Crippen molar-refractivity contribution in [3.63, 3.8) is 0 Å². The van der Waals surface area contributed by atoms with Gasteiger partial charge in [-0.25, -0.2) is 0 Å². The van der Waals surface area contributed by atoms with Gasteiger partial charge in [0.15, 0.2) is 0 Å². The number of nitrogens with one attached hydrogen (secondary N) is 1. The van der Waals surface area contributed by atoms with Crippen LogP contribution in [0.25, 0.3) is 10.9 Å². The van der Waals surface area contributed by atoms with Crippen LogP contribution in [-0.4, -0.2) is 4.98 Å². The molecule has 1 N–H and O–H groups in total. The average molecular weight is 266 g/mol. The summed E-state index contributed by atoms with van der Waals surface area (Å²) in [5.74, 6) is 0. The Balaban J connectivity index is 2.90. The summed E-state index contributed by atoms with van der Waals surface area (Å²) in [6.45, 7) is 0. The molecular weight excluding hydrogens is 261 g/mol. The van der Waals surface area contributed by atoms with E-state index in [4.69, 9.17) is 5.26 Å². The number of nitriles is 1. The molecule has 1 heterocycles. The van der Waals surface area contributed by atoms with E-state index in [1.165, 1.54) is 0 Å². The van der Waals surface area contributed by atoms with Gasteiger partial charge in [-0.15, -0.1) is 0 Å². The lowest BCUT2D eigenvalue weighted by atomic mass is 10.2. The number of aromatic nitrogens is 1. The number of halogens is 1. The maximum Gasteiger partial charge on any atom is 0.132 e. The Morgan fingerprint density at radius 2 is 2.08 bits per heavy atom. The van der Waals surface area contributed by atoms with E-state index in [1.807, 2.05) is 24.3 Å². The normalized spacial score (nSPS) is 10.0. The molecular formula is C9H5IN2. The van der Waals surface area contributed by atoms with Crippen molar-refractivity contribution in [2.45, 2.75) is 0 Å². The van der Waals surface area contributed by atoms with Crippen LogP contribution in [0.5, 0.6) is 0 Å². The molecule has 0 aliphatic heterocycles. The number of H-pyrrole nitrogens is 1. The number of benzene rings is 1. The van der Waals surface area contributed by atoms with Gasteiger partial charge in [0.05, 0.1) is 3.57 Å². The summed E-state index contributed by atoms with van der Waals surface area (Å²) < 4.78 is 1.01. The Morgan fingerprint density at radius 1 is 1.33 bits per heavy atom. The Morgan fingerprint density at radius 3 is 2.75 bits per heavy atom. The van der Waals surface area contributed by atoms with Crippen LogP contribution in [-0.2, 0) is 0 Å². The van der Waals surface area contributed by atoms with Gasteiger partial charge in [0.1, 0.15) is 11.8 Å². The SMILES string of the molecule is N#Cc1[nH]c2ccccc2c1[125I]. The Labute approximate surface area is 83.3 Å². The van der Waals surface area contributed by atoms with E-state index in [0.717, 1.165) is 14.5 Å². The molecule has 2 nitrogen and oxygen atoms in total. The molecule has 1 aromatic carbocycles. The van der Waals surface area contributed by atoms with E-state index in [1.54, 1.807) is 0 Å². The second-order valence-electron chi connectivity index (χ2n) is 2.47. The molecule has 0 amide bonds. The van der Waals surface area contributed by atoms with Crippen LogP contribution < -0.4 is 0 Å². The zero-order chi connectivity index (χ0) is 8.55. The summed E-state index contributed by atoms with van der Waals surface area (Å²) >= 11 is 2.18. The van der Waals surface area contributed by atoms with Crippen molar-refractivity contribution < 1.29 is 0 Å². The van der Waals surface area contributed by atoms with Crippen molar-refractivity contribution in [1.82, 2.24) is 4.98 Å². The van der Waals surface area contributed by atoms with E-state index in [9.17, 15) is 0 Å². The third kappa shape index (κ3) is 0.994. The van der Waals surface area contributed by atoms with Gasteiger partial charge in [0, 0.05) is 10.9 Å². The predicted octanol–water partition coefficient (Wildman–Crippen LogP) is 2.64. The lowest BCUT2D eigenvalue weighted by molar-refractivity contribution is 1.36. The molecule has 0 aliphatic rings. The first-order chi connectivity index (χ1) is 5.83. The highest BCUT2D eigenvalue weighted by atomic mass is 125. The maximum atomic E-state index is 8.73. The monoisotopic (exact) mass is 266 g/mol. The van der Waals surface area contributed by atoms with Gasteiger partial charge >= 0.3 is 0 Å². The van der Waals surface area contributed by atoms with Crippen LogP contribution in [0.2, 0.25) is 0 Å². The minimum absolute atomic E-state index is 0.650. The van der Waals surface area contributed by atoms with Crippen molar-refractivity contribution in [2.75, 3.05) is 0 Å². The van der Waals surface area contributed by atoms with Crippen molar-refractivity contribution in [1.29, 1.82) is 5.26 Å². The largest absolute Gasteiger partial charge is 0.345 e. The smallest absolute Gasteiger partial charge is 0.132 e. The number of nitrogens with zero attached hydrogens (tertiary/aromatic N) is 1. The lowest BCUT2D eigenvalue weighted by Gasteiger charge is -1.85. The van der Waals surface area contributed by atoms with Crippen LogP contribution >= 0.6 is 22.6 Å². The Bertz CT molecular complexity index is 465. The molecule has 0 unspecified atom stereocenters. The number of hydrogen-bond acceptors (Lipinski definition) is 1. The fraction of sp³-hybridized carbons (Fsp3) is 0. The van der Waals surface area contributed by atoms with Crippen molar-refractivity contribution >= 4 is 33.5 Å². The fourth-order valence-corrected chi connectivity index (χ4v) is 1.91. The summed E-state index contributed by atoms with van der Waals surface area (Å²) in [7, 11) is 0. The lowest BCUT2D eigenvalue weighted by Crippen LogP contribution is -1.73. The van der Waals surface area contributed by atoms with Crippen LogP contribution in [0.4, 0.5) is 0 Å². The molecule has 1 aromatic heterocycles. The molecule has 0 aliphatic carbocycles. The molecule has 2 rings (SSSR count). The fourth-order valence-electron chi connectivity index (χ4n) is 1.18. The van der Waals surface area contributed by atoms with Crippen LogP contribution in [0.1, 0.15) is 5.69 Å². The van der Waals surface area contributed by atoms with Gasteiger partial charge in [-0.05, 0) is 28.7 Å². The highest BCUT2D eigenvalue weighted by Crippen LogP contribution is 2.22. The molecule has 3 heteroatoms. The Kier molecular flexibility index (Phi) is 1.77. The summed E-state index contributed by atoms with van der Waals surface area (Å²) in [6, 6.07) is 10.0. The standard InChI is InChI=1S/C9H5IN2/c10-9-6-3-1-2-4-7(6)12-8(9)5-11/h1-4,12H/i10-2. The number of para-hydroxylation sites is 1. The molecule has 0 saturated carbocycles. The quantitative estimate of drug-likeness (QED) is 0.731. The van der Waals surface area contributed by atoms with E-state index in [-0.39, 0.29) is 0 Å². The summed E-state index contributed by atoms with van der Waals surface area (Å²) in [4.78, 5) is 3.04. The van der Waals surface area contributed by atoms with Crippen LogP contribution in [0, 0.1) is 14.9 Å². The highest BCUT2D eigenvalue weighted by molar-refractivity contribution is 14.1. The number of hydrogen-bond donors (Lipinski definition) is 1. The molecule has 2 aromatic rings. The molecule has 0 spiro atoms. The summed E-state index contributed by atoms with van der Waals surface area (Å²) in [6.07, 6.45) is 0. The molecule has 58 valence electrons. The molecule has 12 heavy (non-hydrogen) atoms. The molecule has 0 radical (unpaired) electrons. The first-order valence-electron chi connectivity index (χ1n) is 3.49. The topological polar surface area (TPSA) is 39.6 Å². The van der Waals surface area contributed by atoms with Gasteiger partial charge in [0.2, 0.25) is 0 Å². The van der Waals surface area contributed by atoms with Crippen molar-refractivity contribution in [3.05, 3.63) is 33.5 Å². The minimum Gasteiger partial charge on any atom is -0.345 e. The van der Waals surface area contributed by atoms with E-state index in [2.05, 4.69) is 33.6 Å². The molecule has 0 bridgehead atoms. The second kappa shape index (κ2) is 2.79. The first kappa shape index (κ1) is 7.62. The van der Waals surface area contributed by atoms with Gasteiger partial charge in [-0.3, -0.25) is 0 Å². The highest BCUT2D eigenvalue weighted by Gasteiger charge is 2.05. The van der Waals surface area contributed by atoms with Gasteiger partial charge in [-0.1, -0.05) is 18.2 Å². The summed E-state index contributed by atoms with van der Waals surface area (Å²) in [5, 5.41) is 9.85. The third-order valence-corrected chi connectivity index (χ3v) is 2.87. The number of rotatable bonds is 0. The van der Waals surface area contributed by atoms with Crippen molar-refractivity contribution in [3.8, 4) is 6.07 Å². The van der Waals surface area contributed by atoms with Gasteiger partial charge < -0.3 is 4.98 Å².